The Balaban J connectivity index is 1.47. The molecule has 0 saturated carbocycles. The molecule has 4 heteroatoms. The van der Waals surface area contributed by atoms with Gasteiger partial charge in [-0.05, 0) is 34.5 Å². The highest BCUT2D eigenvalue weighted by atomic mass is 35.5. The molecule has 4 aromatic rings. The first-order valence-corrected chi connectivity index (χ1v) is 9.12. The van der Waals surface area contributed by atoms with Gasteiger partial charge in [0.15, 0.2) is 5.96 Å². The van der Waals surface area contributed by atoms with Crippen molar-refractivity contribution in [2.24, 2.45) is 0 Å². The lowest BCUT2D eigenvalue weighted by molar-refractivity contribution is 1.44. The van der Waals surface area contributed by atoms with Gasteiger partial charge in [-0.1, -0.05) is 72.3 Å². The fourth-order valence-electron chi connectivity index (χ4n) is 3.70. The van der Waals surface area contributed by atoms with E-state index in [0.717, 1.165) is 27.7 Å². The van der Waals surface area contributed by atoms with E-state index in [1.807, 2.05) is 42.5 Å². The third-order valence-electron chi connectivity index (χ3n) is 4.94. The van der Waals surface area contributed by atoms with Crippen molar-refractivity contribution >= 4 is 62.6 Å². The van der Waals surface area contributed by atoms with Crippen molar-refractivity contribution in [2.75, 3.05) is 10.6 Å². The lowest BCUT2D eigenvalue weighted by Gasteiger charge is -2.15. The number of guanidine groups is 1. The number of hydrogen-bond acceptors (Lipinski definition) is 1. The zero-order valence-corrected chi connectivity index (χ0v) is 15.1. The maximum Gasteiger partial charge on any atom is 0.197 e. The second kappa shape index (κ2) is 6.15. The van der Waals surface area contributed by atoms with Gasteiger partial charge in [-0.15, -0.1) is 0 Å². The van der Waals surface area contributed by atoms with Crippen molar-refractivity contribution in [1.82, 2.24) is 0 Å². The topological polar surface area (TPSA) is 47.9 Å². The van der Waals surface area contributed by atoms with Crippen LogP contribution >= 0.6 is 11.6 Å². The van der Waals surface area contributed by atoms with Gasteiger partial charge in [0.2, 0.25) is 0 Å². The molecule has 0 bridgehead atoms. The maximum atomic E-state index is 8.41. The lowest BCUT2D eigenvalue weighted by Crippen LogP contribution is -2.21. The largest absolute Gasteiger partial charge is 0.326 e. The van der Waals surface area contributed by atoms with Crippen molar-refractivity contribution < 1.29 is 0 Å². The van der Waals surface area contributed by atoms with Crippen LogP contribution in [0.25, 0.3) is 33.7 Å². The molecule has 0 atom stereocenters. The molecule has 0 saturated heterocycles. The Hall–Kier alpha value is -3.30. The number of anilines is 2. The fourth-order valence-corrected chi connectivity index (χ4v) is 3.93. The first-order valence-electron chi connectivity index (χ1n) is 8.74. The molecule has 0 spiro atoms. The van der Waals surface area contributed by atoms with Gasteiger partial charge in [-0.3, -0.25) is 5.41 Å². The number of fused-ring (bicyclic) bond motifs is 1. The first-order chi connectivity index (χ1) is 13.2. The number of benzene rings is 4. The average molecular weight is 370 g/mol. The molecule has 0 amide bonds. The molecule has 4 aromatic carbocycles. The molecule has 27 heavy (non-hydrogen) atoms. The van der Waals surface area contributed by atoms with Crippen LogP contribution in [0.1, 0.15) is 11.1 Å². The third-order valence-corrected chi connectivity index (χ3v) is 5.27. The van der Waals surface area contributed by atoms with Crippen LogP contribution < -0.4 is 10.6 Å². The van der Waals surface area contributed by atoms with E-state index in [2.05, 4.69) is 47.1 Å². The van der Waals surface area contributed by atoms with Crippen LogP contribution in [0.2, 0.25) is 5.02 Å². The van der Waals surface area contributed by atoms with E-state index in [4.69, 9.17) is 17.0 Å². The smallest absolute Gasteiger partial charge is 0.197 e. The molecule has 0 radical (unpaired) electrons. The minimum atomic E-state index is 0.218. The lowest BCUT2D eigenvalue weighted by atomic mass is 10.0. The van der Waals surface area contributed by atoms with Gasteiger partial charge in [0.05, 0.1) is 0 Å². The Kier molecular flexibility index (Phi) is 3.62. The van der Waals surface area contributed by atoms with Crippen molar-refractivity contribution in [1.29, 1.82) is 5.41 Å². The van der Waals surface area contributed by atoms with E-state index in [1.54, 1.807) is 0 Å². The highest BCUT2D eigenvalue weighted by Crippen LogP contribution is 2.36. The molecule has 0 aliphatic heterocycles. The van der Waals surface area contributed by atoms with E-state index in [1.165, 1.54) is 16.3 Å². The Morgan fingerprint density at radius 1 is 0.741 bits per heavy atom. The highest BCUT2D eigenvalue weighted by molar-refractivity contribution is 6.36. The van der Waals surface area contributed by atoms with Crippen LogP contribution in [0, 0.1) is 5.41 Å². The van der Waals surface area contributed by atoms with Crippen molar-refractivity contribution in [3.63, 3.8) is 0 Å². The molecule has 1 aliphatic carbocycles. The van der Waals surface area contributed by atoms with Gasteiger partial charge in [0.1, 0.15) is 0 Å². The fraction of sp³-hybridized carbons (Fsp3) is 0. The first kappa shape index (κ1) is 15.9. The summed E-state index contributed by atoms with van der Waals surface area (Å²) in [6.45, 7) is 0. The van der Waals surface area contributed by atoms with E-state index in [-0.39, 0.29) is 5.96 Å². The molecular weight excluding hydrogens is 354 g/mol. The summed E-state index contributed by atoms with van der Waals surface area (Å²) in [5, 5.41) is 19.9. The van der Waals surface area contributed by atoms with Crippen LogP contribution in [-0.2, 0) is 0 Å². The van der Waals surface area contributed by atoms with Gasteiger partial charge >= 0.3 is 0 Å². The molecule has 0 aromatic heterocycles. The standard InChI is InChI=1S/C23H16ClN3/c24-19-11-13-20(17-7-2-1-6-16(17)19)26-23(25)27-21-12-9-15-5-3-4-14-8-10-18(21)22(14)15/h1-13H,(H3,25,26,27). The van der Waals surface area contributed by atoms with Crippen molar-refractivity contribution in [2.45, 2.75) is 0 Å². The van der Waals surface area contributed by atoms with Gasteiger partial charge in [-0.2, -0.15) is 0 Å². The normalized spacial score (nSPS) is 11.9. The predicted octanol–water partition coefficient (Wildman–Crippen LogP) is 6.59. The average Bonchev–Trinajstić information content (AvgIpc) is 3.13. The number of nitrogens with one attached hydrogen (secondary N) is 3. The Labute approximate surface area is 161 Å². The quantitative estimate of drug-likeness (QED) is 0.243. The summed E-state index contributed by atoms with van der Waals surface area (Å²) >= 11 is 6.29. The third kappa shape index (κ3) is 2.64. The molecule has 0 heterocycles. The van der Waals surface area contributed by atoms with Crippen LogP contribution in [0.5, 0.6) is 0 Å². The van der Waals surface area contributed by atoms with Crippen molar-refractivity contribution in [3.05, 3.63) is 82.9 Å². The van der Waals surface area contributed by atoms with E-state index < -0.39 is 0 Å². The summed E-state index contributed by atoms with van der Waals surface area (Å²) in [6.07, 6.45) is 4.22. The predicted molar refractivity (Wildman–Crippen MR) is 117 cm³/mol. The molecule has 130 valence electrons. The zero-order valence-electron chi connectivity index (χ0n) is 14.4. The van der Waals surface area contributed by atoms with Gasteiger partial charge in [-0.25, -0.2) is 0 Å². The Morgan fingerprint density at radius 2 is 1.52 bits per heavy atom. The maximum absolute atomic E-state index is 8.41. The number of hydrogen-bond donors (Lipinski definition) is 3. The Bertz CT molecular complexity index is 1260. The molecular formula is C23H16ClN3. The highest BCUT2D eigenvalue weighted by Gasteiger charge is 2.14. The number of rotatable bonds is 2. The summed E-state index contributed by atoms with van der Waals surface area (Å²) in [5.74, 6) is 0.218. The summed E-state index contributed by atoms with van der Waals surface area (Å²) < 4.78 is 0. The van der Waals surface area contributed by atoms with Crippen LogP contribution in [0.15, 0.2) is 66.7 Å². The summed E-state index contributed by atoms with van der Waals surface area (Å²) in [7, 11) is 0. The zero-order chi connectivity index (χ0) is 18.4. The van der Waals surface area contributed by atoms with Gasteiger partial charge in [0.25, 0.3) is 0 Å². The van der Waals surface area contributed by atoms with Crippen LogP contribution in [0.3, 0.4) is 0 Å². The minimum Gasteiger partial charge on any atom is -0.326 e. The molecule has 0 fully saturated rings. The van der Waals surface area contributed by atoms with E-state index >= 15 is 0 Å². The van der Waals surface area contributed by atoms with Crippen LogP contribution in [-0.4, -0.2) is 5.96 Å². The second-order valence-electron chi connectivity index (χ2n) is 6.57. The Morgan fingerprint density at radius 3 is 2.41 bits per heavy atom. The van der Waals surface area contributed by atoms with E-state index in [9.17, 15) is 0 Å². The summed E-state index contributed by atoms with van der Waals surface area (Å²) in [5.41, 5.74) is 4.10. The van der Waals surface area contributed by atoms with Gasteiger partial charge < -0.3 is 10.6 Å². The monoisotopic (exact) mass is 369 g/mol. The summed E-state index contributed by atoms with van der Waals surface area (Å²) in [6, 6.07) is 22.1. The van der Waals surface area contributed by atoms with Gasteiger partial charge in [0, 0.05) is 32.7 Å². The molecule has 0 unspecified atom stereocenters. The molecule has 3 nitrogen and oxygen atoms in total. The SMILES string of the molecule is N=C(Nc1ccc2cccc3c2c1C=C3)Nc1ccc(Cl)c2ccccc12. The second-order valence-corrected chi connectivity index (χ2v) is 6.98. The minimum absolute atomic E-state index is 0.218. The van der Waals surface area contributed by atoms with E-state index in [0.29, 0.717) is 5.02 Å². The van der Waals surface area contributed by atoms with Crippen LogP contribution in [0.4, 0.5) is 11.4 Å². The molecule has 3 N–H and O–H groups in total. The molecule has 1 aliphatic rings. The number of halogens is 1. The molecule has 5 rings (SSSR count). The summed E-state index contributed by atoms with van der Waals surface area (Å²) in [4.78, 5) is 0. The van der Waals surface area contributed by atoms with Crippen molar-refractivity contribution in [3.8, 4) is 0 Å².